The van der Waals surface area contributed by atoms with Gasteiger partial charge in [0.15, 0.2) is 0 Å². The highest BCUT2D eigenvalue weighted by molar-refractivity contribution is 5.78. The van der Waals surface area contributed by atoms with E-state index in [1.165, 1.54) is 51.5 Å². The second kappa shape index (κ2) is 12.1. The zero-order valence-corrected chi connectivity index (χ0v) is 20.1. The Bertz CT molecular complexity index is 685. The van der Waals surface area contributed by atoms with Crippen LogP contribution in [-0.4, -0.2) is 95.4 Å². The summed E-state index contributed by atoms with van der Waals surface area (Å²) in [6.07, 6.45) is 13.2. The molecule has 2 saturated heterocycles. The van der Waals surface area contributed by atoms with Crippen molar-refractivity contribution in [3.63, 3.8) is 0 Å². The molecule has 3 heterocycles. The summed E-state index contributed by atoms with van der Waals surface area (Å²) in [5.41, 5.74) is 1.14. The molecule has 4 rings (SSSR count). The van der Waals surface area contributed by atoms with Crippen molar-refractivity contribution < 1.29 is 4.79 Å². The number of hydrogen-bond acceptors (Lipinski definition) is 5. The minimum absolute atomic E-state index is 0.286. The smallest absolute Gasteiger partial charge is 0.237 e. The number of hydrogen-bond donors (Lipinski definition) is 0. The van der Waals surface area contributed by atoms with Crippen molar-refractivity contribution >= 4 is 5.91 Å². The van der Waals surface area contributed by atoms with Gasteiger partial charge in [0.25, 0.3) is 0 Å². The van der Waals surface area contributed by atoms with Crippen molar-refractivity contribution in [1.29, 1.82) is 0 Å². The Balaban J connectivity index is 1.36. The molecule has 1 atom stereocenters. The third-order valence-corrected chi connectivity index (χ3v) is 7.84. The molecule has 0 aromatic carbocycles. The van der Waals surface area contributed by atoms with Gasteiger partial charge in [-0.3, -0.25) is 14.7 Å². The first kappa shape index (κ1) is 23.7. The van der Waals surface area contributed by atoms with E-state index in [0.717, 1.165) is 57.4 Å². The van der Waals surface area contributed by atoms with E-state index in [-0.39, 0.29) is 5.91 Å². The first-order valence-electron chi connectivity index (χ1n) is 13.1. The second-order valence-electron chi connectivity index (χ2n) is 10.1. The van der Waals surface area contributed by atoms with Crippen LogP contribution in [0.2, 0.25) is 0 Å². The Morgan fingerprint density at radius 3 is 2.53 bits per heavy atom. The molecule has 6 heteroatoms. The van der Waals surface area contributed by atoms with E-state index in [9.17, 15) is 4.79 Å². The van der Waals surface area contributed by atoms with Crippen LogP contribution in [0, 0.1) is 5.92 Å². The van der Waals surface area contributed by atoms with Crippen LogP contribution in [0.3, 0.4) is 0 Å². The van der Waals surface area contributed by atoms with Gasteiger partial charge in [-0.05, 0) is 56.3 Å². The van der Waals surface area contributed by atoms with Gasteiger partial charge in [0, 0.05) is 64.2 Å². The molecular formula is C26H43N5O. The third-order valence-electron chi connectivity index (χ3n) is 7.84. The minimum Gasteiger partial charge on any atom is -0.337 e. The maximum atomic E-state index is 13.5. The lowest BCUT2D eigenvalue weighted by atomic mass is 9.90. The third kappa shape index (κ3) is 6.75. The summed E-state index contributed by atoms with van der Waals surface area (Å²) in [6.45, 7) is 12.0. The van der Waals surface area contributed by atoms with Crippen LogP contribution >= 0.6 is 0 Å². The number of likely N-dealkylation sites (N-methyl/N-ethyl adjacent to an activating group) is 1. The Morgan fingerprint density at radius 2 is 1.81 bits per heavy atom. The molecule has 0 bridgehead atoms. The van der Waals surface area contributed by atoms with Crippen LogP contribution in [0.5, 0.6) is 0 Å². The summed E-state index contributed by atoms with van der Waals surface area (Å²) in [5.74, 6) is 0.872. The average molecular weight is 442 g/mol. The number of piperazine rings is 1. The van der Waals surface area contributed by atoms with Crippen LogP contribution in [0.1, 0.15) is 57.4 Å². The lowest BCUT2D eigenvalue weighted by molar-refractivity contribution is -0.134. The summed E-state index contributed by atoms with van der Waals surface area (Å²) >= 11 is 0. The average Bonchev–Trinajstić information content (AvgIpc) is 2.85. The van der Waals surface area contributed by atoms with E-state index < -0.39 is 0 Å². The zero-order chi connectivity index (χ0) is 22.2. The molecule has 0 radical (unpaired) electrons. The molecule has 3 aliphatic rings. The topological polar surface area (TPSA) is 42.9 Å². The predicted octanol–water partition coefficient (Wildman–Crippen LogP) is 3.09. The summed E-state index contributed by atoms with van der Waals surface area (Å²) in [4.78, 5) is 27.5. The largest absolute Gasteiger partial charge is 0.337 e. The molecule has 32 heavy (non-hydrogen) atoms. The Kier molecular flexibility index (Phi) is 8.94. The first-order valence-corrected chi connectivity index (χ1v) is 13.1. The number of amides is 1. The zero-order valence-electron chi connectivity index (χ0n) is 20.1. The molecule has 3 fully saturated rings. The molecule has 1 aromatic rings. The van der Waals surface area contributed by atoms with Gasteiger partial charge < -0.3 is 14.7 Å². The van der Waals surface area contributed by atoms with E-state index in [0.29, 0.717) is 19.0 Å². The number of pyridine rings is 1. The molecule has 6 nitrogen and oxygen atoms in total. The van der Waals surface area contributed by atoms with Crippen molar-refractivity contribution in [2.24, 2.45) is 5.92 Å². The molecule has 1 saturated carbocycles. The highest BCUT2D eigenvalue weighted by Crippen LogP contribution is 2.27. The Morgan fingerprint density at radius 1 is 1.03 bits per heavy atom. The van der Waals surface area contributed by atoms with Gasteiger partial charge in [0.05, 0.1) is 6.54 Å². The van der Waals surface area contributed by atoms with Crippen LogP contribution in [-0.2, 0) is 11.3 Å². The summed E-state index contributed by atoms with van der Waals surface area (Å²) in [5, 5.41) is 0. The van der Waals surface area contributed by atoms with Crippen molar-refractivity contribution in [3.05, 3.63) is 30.1 Å². The van der Waals surface area contributed by atoms with Gasteiger partial charge in [-0.2, -0.15) is 0 Å². The monoisotopic (exact) mass is 441 g/mol. The summed E-state index contributed by atoms with van der Waals surface area (Å²) < 4.78 is 0. The molecule has 0 N–H and O–H groups in total. The quantitative estimate of drug-likeness (QED) is 0.620. The van der Waals surface area contributed by atoms with Crippen LogP contribution in [0.4, 0.5) is 0 Å². The number of piperidine rings is 1. The SMILES string of the molecule is CCN1CCN(CC(=O)N(Cc2cccnc2)C[C@@H]2CCCN(C3CCCCC3)C2)CC1. The standard InChI is InChI=1S/C26H43N5O/c1-2-28-14-16-29(17-15-28)22-26(32)31(19-23-8-6-12-27-18-23)21-24-9-7-13-30(20-24)25-10-4-3-5-11-25/h6,8,12,18,24-25H,2-5,7,9-11,13-17,19-22H2,1H3/t24-/m1/s1. The van der Waals surface area contributed by atoms with E-state index >= 15 is 0 Å². The maximum Gasteiger partial charge on any atom is 0.237 e. The number of nitrogens with zero attached hydrogens (tertiary/aromatic N) is 5. The van der Waals surface area contributed by atoms with Gasteiger partial charge in [-0.25, -0.2) is 0 Å². The molecule has 0 unspecified atom stereocenters. The van der Waals surface area contributed by atoms with Gasteiger partial charge in [-0.15, -0.1) is 0 Å². The first-order chi connectivity index (χ1) is 15.7. The number of rotatable bonds is 8. The highest BCUT2D eigenvalue weighted by Gasteiger charge is 2.29. The molecule has 1 aromatic heterocycles. The van der Waals surface area contributed by atoms with E-state index in [2.05, 4.69) is 37.6 Å². The van der Waals surface area contributed by atoms with Crippen molar-refractivity contribution in [1.82, 2.24) is 24.6 Å². The van der Waals surface area contributed by atoms with Crippen LogP contribution < -0.4 is 0 Å². The van der Waals surface area contributed by atoms with E-state index in [1.807, 2.05) is 18.5 Å². The van der Waals surface area contributed by atoms with E-state index in [1.54, 1.807) is 0 Å². The molecule has 0 spiro atoms. The van der Waals surface area contributed by atoms with Crippen LogP contribution in [0.15, 0.2) is 24.5 Å². The molecule has 178 valence electrons. The second-order valence-corrected chi connectivity index (χ2v) is 10.1. The summed E-state index contributed by atoms with van der Waals surface area (Å²) in [6, 6.07) is 4.86. The highest BCUT2D eigenvalue weighted by atomic mass is 16.2. The predicted molar refractivity (Wildman–Crippen MR) is 129 cm³/mol. The van der Waals surface area contributed by atoms with Gasteiger partial charge in [0.1, 0.15) is 0 Å². The normalized spacial score (nSPS) is 24.5. The summed E-state index contributed by atoms with van der Waals surface area (Å²) in [7, 11) is 0. The fraction of sp³-hybridized carbons (Fsp3) is 0.769. The van der Waals surface area contributed by atoms with Gasteiger partial charge >= 0.3 is 0 Å². The number of carbonyl (C=O) groups excluding carboxylic acids is 1. The fourth-order valence-electron chi connectivity index (χ4n) is 5.86. The fourth-order valence-corrected chi connectivity index (χ4v) is 5.86. The maximum absolute atomic E-state index is 13.5. The number of likely N-dealkylation sites (tertiary alicyclic amines) is 1. The Hall–Kier alpha value is -1.50. The molecule has 1 aliphatic carbocycles. The van der Waals surface area contributed by atoms with Crippen molar-refractivity contribution in [2.75, 3.05) is 58.9 Å². The van der Waals surface area contributed by atoms with Crippen LogP contribution in [0.25, 0.3) is 0 Å². The van der Waals surface area contributed by atoms with Gasteiger partial charge in [-0.1, -0.05) is 32.3 Å². The number of carbonyl (C=O) groups is 1. The number of aromatic nitrogens is 1. The lowest BCUT2D eigenvalue weighted by Crippen LogP contribution is -2.51. The molecule has 1 amide bonds. The Labute approximate surface area is 194 Å². The van der Waals surface area contributed by atoms with E-state index in [4.69, 9.17) is 0 Å². The minimum atomic E-state index is 0.286. The molecule has 2 aliphatic heterocycles. The molecular weight excluding hydrogens is 398 g/mol. The van der Waals surface area contributed by atoms with Crippen molar-refractivity contribution in [3.8, 4) is 0 Å². The van der Waals surface area contributed by atoms with Gasteiger partial charge in [0.2, 0.25) is 5.91 Å². The van der Waals surface area contributed by atoms with Crippen molar-refractivity contribution in [2.45, 2.75) is 64.5 Å². The lowest BCUT2D eigenvalue weighted by Gasteiger charge is -2.41.